The van der Waals surface area contributed by atoms with E-state index >= 15 is 0 Å². The van der Waals surface area contributed by atoms with E-state index in [4.69, 9.17) is 11.6 Å². The molecule has 4 nitrogen and oxygen atoms in total. The Morgan fingerprint density at radius 1 is 1.59 bits per heavy atom. The lowest BCUT2D eigenvalue weighted by Gasteiger charge is -2.11. The fourth-order valence-corrected chi connectivity index (χ4v) is 1.80. The Morgan fingerprint density at radius 2 is 2.29 bits per heavy atom. The molecular weight excluding hydrogens is 238 g/mol. The molecule has 1 fully saturated rings. The standard InChI is InChI=1S/C12H18ClN3O/c1-8(2)5-14-11-10(13)6-15-16(12(11)17)7-9-3-4-9/h6,8-9,14H,3-5,7H2,1-2H3. The summed E-state index contributed by atoms with van der Waals surface area (Å²) < 4.78 is 1.52. The summed E-state index contributed by atoms with van der Waals surface area (Å²) >= 11 is 6.00. The number of hydrogen-bond donors (Lipinski definition) is 1. The third-order valence-corrected chi connectivity index (χ3v) is 3.10. The maximum absolute atomic E-state index is 12.1. The number of halogens is 1. The molecule has 0 atom stereocenters. The van der Waals surface area contributed by atoms with Crippen LogP contribution in [-0.4, -0.2) is 16.3 Å². The summed E-state index contributed by atoms with van der Waals surface area (Å²) in [6.45, 7) is 5.63. The van der Waals surface area contributed by atoms with Gasteiger partial charge in [-0.15, -0.1) is 0 Å². The first-order valence-corrected chi connectivity index (χ1v) is 6.45. The van der Waals surface area contributed by atoms with Gasteiger partial charge in [0.2, 0.25) is 0 Å². The van der Waals surface area contributed by atoms with E-state index in [0.29, 0.717) is 29.1 Å². The minimum Gasteiger partial charge on any atom is -0.379 e. The fraction of sp³-hybridized carbons (Fsp3) is 0.667. The van der Waals surface area contributed by atoms with E-state index < -0.39 is 0 Å². The van der Waals surface area contributed by atoms with Gasteiger partial charge in [-0.05, 0) is 24.7 Å². The zero-order chi connectivity index (χ0) is 12.4. The second kappa shape index (κ2) is 5.08. The summed E-state index contributed by atoms with van der Waals surface area (Å²) in [6, 6.07) is 0. The van der Waals surface area contributed by atoms with Crippen LogP contribution in [0.5, 0.6) is 0 Å². The summed E-state index contributed by atoms with van der Waals surface area (Å²) in [5, 5.41) is 7.59. The van der Waals surface area contributed by atoms with Crippen molar-refractivity contribution in [2.75, 3.05) is 11.9 Å². The molecule has 1 aromatic rings. The zero-order valence-corrected chi connectivity index (χ0v) is 11.0. The van der Waals surface area contributed by atoms with E-state index in [1.807, 2.05) is 0 Å². The van der Waals surface area contributed by atoms with Crippen LogP contribution in [0, 0.1) is 11.8 Å². The average Bonchev–Trinajstić information content (AvgIpc) is 3.05. The monoisotopic (exact) mass is 255 g/mol. The van der Waals surface area contributed by atoms with Gasteiger partial charge in [0.1, 0.15) is 5.69 Å². The summed E-state index contributed by atoms with van der Waals surface area (Å²) in [4.78, 5) is 12.1. The van der Waals surface area contributed by atoms with E-state index in [1.54, 1.807) is 6.20 Å². The van der Waals surface area contributed by atoms with Crippen molar-refractivity contribution in [2.45, 2.75) is 33.2 Å². The quantitative estimate of drug-likeness (QED) is 0.879. The van der Waals surface area contributed by atoms with Crippen LogP contribution >= 0.6 is 11.6 Å². The maximum Gasteiger partial charge on any atom is 0.291 e. The third-order valence-electron chi connectivity index (χ3n) is 2.81. The second-order valence-corrected chi connectivity index (χ2v) is 5.48. The van der Waals surface area contributed by atoms with Crippen molar-refractivity contribution in [2.24, 2.45) is 11.8 Å². The van der Waals surface area contributed by atoms with Crippen LogP contribution in [0.4, 0.5) is 5.69 Å². The molecule has 5 heteroatoms. The van der Waals surface area contributed by atoms with Crippen molar-refractivity contribution in [3.63, 3.8) is 0 Å². The van der Waals surface area contributed by atoms with Crippen LogP contribution in [0.2, 0.25) is 5.02 Å². The van der Waals surface area contributed by atoms with Crippen molar-refractivity contribution in [1.82, 2.24) is 9.78 Å². The Kier molecular flexibility index (Phi) is 3.72. The number of nitrogens with zero attached hydrogens (tertiary/aromatic N) is 2. The lowest BCUT2D eigenvalue weighted by atomic mass is 10.2. The van der Waals surface area contributed by atoms with Crippen molar-refractivity contribution in [1.29, 1.82) is 0 Å². The molecule has 1 heterocycles. The number of aromatic nitrogens is 2. The van der Waals surface area contributed by atoms with Crippen molar-refractivity contribution in [3.05, 3.63) is 21.6 Å². The van der Waals surface area contributed by atoms with Gasteiger partial charge in [0.15, 0.2) is 0 Å². The largest absolute Gasteiger partial charge is 0.379 e. The molecule has 2 rings (SSSR count). The van der Waals surface area contributed by atoms with Gasteiger partial charge in [0.05, 0.1) is 11.2 Å². The molecule has 0 aromatic carbocycles. The van der Waals surface area contributed by atoms with Crippen molar-refractivity contribution < 1.29 is 0 Å². The molecule has 0 spiro atoms. The van der Waals surface area contributed by atoms with Crippen LogP contribution in [0.25, 0.3) is 0 Å². The minimum atomic E-state index is -0.106. The fourth-order valence-electron chi connectivity index (χ4n) is 1.61. The van der Waals surface area contributed by atoms with Gasteiger partial charge >= 0.3 is 0 Å². The van der Waals surface area contributed by atoms with Crippen molar-refractivity contribution in [3.8, 4) is 0 Å². The first-order valence-electron chi connectivity index (χ1n) is 6.07. The normalized spacial score (nSPS) is 15.3. The molecule has 0 amide bonds. The average molecular weight is 256 g/mol. The van der Waals surface area contributed by atoms with Gasteiger partial charge in [-0.25, -0.2) is 4.68 Å². The number of nitrogens with one attached hydrogen (secondary N) is 1. The highest BCUT2D eigenvalue weighted by Crippen LogP contribution is 2.30. The second-order valence-electron chi connectivity index (χ2n) is 5.07. The van der Waals surface area contributed by atoms with Gasteiger partial charge in [-0.2, -0.15) is 5.10 Å². The van der Waals surface area contributed by atoms with Gasteiger partial charge in [-0.3, -0.25) is 4.79 Å². The Balaban J connectivity index is 2.19. The molecule has 1 aliphatic rings. The van der Waals surface area contributed by atoms with E-state index in [2.05, 4.69) is 24.3 Å². The van der Waals surface area contributed by atoms with Crippen LogP contribution in [0.1, 0.15) is 26.7 Å². The molecule has 0 unspecified atom stereocenters. The SMILES string of the molecule is CC(C)CNc1c(Cl)cnn(CC2CC2)c1=O. The lowest BCUT2D eigenvalue weighted by Crippen LogP contribution is -2.27. The highest BCUT2D eigenvalue weighted by atomic mass is 35.5. The maximum atomic E-state index is 12.1. The Morgan fingerprint density at radius 3 is 2.88 bits per heavy atom. The van der Waals surface area contributed by atoms with E-state index in [0.717, 1.165) is 6.54 Å². The molecule has 17 heavy (non-hydrogen) atoms. The molecule has 0 bridgehead atoms. The molecule has 1 aliphatic carbocycles. The first kappa shape index (κ1) is 12.4. The summed E-state index contributed by atoms with van der Waals surface area (Å²) in [5.74, 6) is 1.09. The van der Waals surface area contributed by atoms with Crippen LogP contribution in [0.15, 0.2) is 11.0 Å². The molecule has 0 radical (unpaired) electrons. The molecule has 1 N–H and O–H groups in total. The third kappa shape index (κ3) is 3.22. The highest BCUT2D eigenvalue weighted by Gasteiger charge is 2.23. The Bertz CT molecular complexity index is 452. The molecule has 94 valence electrons. The molecule has 1 saturated carbocycles. The van der Waals surface area contributed by atoms with Crippen molar-refractivity contribution >= 4 is 17.3 Å². The Hall–Kier alpha value is -1.03. The lowest BCUT2D eigenvalue weighted by molar-refractivity contribution is 0.534. The minimum absolute atomic E-state index is 0.106. The summed E-state index contributed by atoms with van der Waals surface area (Å²) in [7, 11) is 0. The summed E-state index contributed by atoms with van der Waals surface area (Å²) in [6.07, 6.45) is 3.95. The molecule has 1 aromatic heterocycles. The molecule has 0 saturated heterocycles. The topological polar surface area (TPSA) is 46.9 Å². The number of anilines is 1. The van der Waals surface area contributed by atoms with Crippen LogP contribution < -0.4 is 10.9 Å². The van der Waals surface area contributed by atoms with Gasteiger partial charge in [0, 0.05) is 13.1 Å². The van der Waals surface area contributed by atoms with E-state index in [9.17, 15) is 4.79 Å². The van der Waals surface area contributed by atoms with Gasteiger partial charge in [0.25, 0.3) is 5.56 Å². The molecular formula is C12H18ClN3O. The molecule has 0 aliphatic heterocycles. The first-order chi connectivity index (χ1) is 8.08. The predicted molar refractivity (Wildman–Crippen MR) is 69.6 cm³/mol. The van der Waals surface area contributed by atoms with E-state index in [1.165, 1.54) is 17.5 Å². The van der Waals surface area contributed by atoms with Gasteiger partial charge in [-0.1, -0.05) is 25.4 Å². The van der Waals surface area contributed by atoms with Gasteiger partial charge < -0.3 is 5.32 Å². The van der Waals surface area contributed by atoms with Crippen LogP contribution in [0.3, 0.4) is 0 Å². The smallest absolute Gasteiger partial charge is 0.291 e. The predicted octanol–water partition coefficient (Wildman–Crippen LogP) is 2.37. The summed E-state index contributed by atoms with van der Waals surface area (Å²) in [5.41, 5.74) is 0.376. The Labute approximate surface area is 106 Å². The number of rotatable bonds is 5. The van der Waals surface area contributed by atoms with Crippen LogP contribution in [-0.2, 0) is 6.54 Å². The number of hydrogen-bond acceptors (Lipinski definition) is 3. The zero-order valence-electron chi connectivity index (χ0n) is 10.2. The highest BCUT2D eigenvalue weighted by molar-refractivity contribution is 6.32. The van der Waals surface area contributed by atoms with E-state index in [-0.39, 0.29) is 5.56 Å².